The Kier molecular flexibility index (Phi) is 6.73. The van der Waals surface area contributed by atoms with Crippen LogP contribution in [0.1, 0.15) is 22.7 Å². The summed E-state index contributed by atoms with van der Waals surface area (Å²) < 4.78 is 12.1. The lowest BCUT2D eigenvalue weighted by atomic mass is 9.93. The van der Waals surface area contributed by atoms with Crippen molar-refractivity contribution in [3.63, 3.8) is 0 Å². The molecule has 3 atom stereocenters. The van der Waals surface area contributed by atoms with E-state index in [0.717, 1.165) is 39.4 Å². The van der Waals surface area contributed by atoms with Crippen LogP contribution in [-0.4, -0.2) is 22.7 Å². The van der Waals surface area contributed by atoms with Crippen molar-refractivity contribution in [2.24, 2.45) is 4.99 Å². The van der Waals surface area contributed by atoms with Gasteiger partial charge in [0, 0.05) is 37.4 Å². The summed E-state index contributed by atoms with van der Waals surface area (Å²) in [6, 6.07) is 62.5. The van der Waals surface area contributed by atoms with Gasteiger partial charge in [0.05, 0.1) is 21.8 Å². The van der Waals surface area contributed by atoms with Crippen molar-refractivity contribution in [1.82, 2.24) is 9.88 Å². The topological polar surface area (TPSA) is 38.5 Å². The Morgan fingerprint density at radius 1 is 0.527 bits per heavy atom. The van der Waals surface area contributed by atoms with E-state index in [9.17, 15) is 0 Å². The molecule has 0 aliphatic carbocycles. The van der Waals surface area contributed by atoms with Crippen molar-refractivity contribution < 1.29 is 4.74 Å². The molecule has 0 amide bonds. The molecule has 2 aliphatic rings. The molecule has 0 bridgehead atoms. The van der Waals surface area contributed by atoms with Crippen molar-refractivity contribution in [2.75, 3.05) is 0 Å². The Balaban J connectivity index is 1.23. The Morgan fingerprint density at radius 2 is 1.15 bits per heavy atom. The first-order valence-corrected chi connectivity index (χ1v) is 19.7. The van der Waals surface area contributed by atoms with Gasteiger partial charge in [0.2, 0.25) is 0 Å². The van der Waals surface area contributed by atoms with E-state index in [-0.39, 0.29) is 18.3 Å². The number of ether oxygens (including phenoxy) is 1. The van der Waals surface area contributed by atoms with E-state index in [1.54, 1.807) is 0 Å². The molecule has 8 aromatic carbocycles. The third-order valence-corrected chi connectivity index (χ3v) is 12.8. The van der Waals surface area contributed by atoms with Gasteiger partial charge in [-0.2, -0.15) is 0 Å². The normalized spacial score (nSPS) is 18.5. The fourth-order valence-electron chi connectivity index (χ4n) is 9.21. The van der Waals surface area contributed by atoms with Crippen LogP contribution in [0.3, 0.4) is 0 Å². The zero-order valence-corrected chi connectivity index (χ0v) is 30.5. The third-order valence-electron chi connectivity index (χ3n) is 11.6. The van der Waals surface area contributed by atoms with E-state index >= 15 is 0 Å². The Labute approximate surface area is 321 Å². The highest BCUT2D eigenvalue weighted by molar-refractivity contribution is 7.27. The average Bonchev–Trinajstić information content (AvgIpc) is 3.94. The monoisotopic (exact) mass is 723 g/mol. The van der Waals surface area contributed by atoms with Gasteiger partial charge in [-0.05, 0) is 38.7 Å². The molecule has 0 fully saturated rings. The fraction of sp³-hybridized carbons (Fsp3) is 0.0600. The average molecular weight is 724 g/mol. The number of hydrogen-bond donors (Lipinski definition) is 1. The molecular weight excluding hydrogens is 691 g/mol. The van der Waals surface area contributed by atoms with Crippen molar-refractivity contribution in [3.8, 4) is 0 Å². The molecule has 4 heterocycles. The number of benzene rings is 8. The SMILES string of the molecule is c1ccc(C2=C(c3ccccc3)C3N=C(n4c5ccccc5c5c6ccccc6c6c7ccc8ccccc8c7sc6c54)C(c4ccccc4)NC3O2)cc1. The van der Waals surface area contributed by atoms with Crippen LogP contribution in [0.4, 0.5) is 0 Å². The summed E-state index contributed by atoms with van der Waals surface area (Å²) in [5.74, 6) is 1.84. The van der Waals surface area contributed by atoms with Gasteiger partial charge >= 0.3 is 0 Å². The van der Waals surface area contributed by atoms with E-state index < -0.39 is 0 Å². The molecule has 0 saturated carbocycles. The highest BCUT2D eigenvalue weighted by Crippen LogP contribution is 2.50. The molecule has 2 aromatic heterocycles. The molecule has 0 spiro atoms. The van der Waals surface area contributed by atoms with Crippen molar-refractivity contribution in [3.05, 3.63) is 193 Å². The van der Waals surface area contributed by atoms with Gasteiger partial charge in [-0.25, -0.2) is 0 Å². The number of nitrogens with zero attached hydrogens (tertiary/aromatic N) is 2. The summed E-state index contributed by atoms with van der Waals surface area (Å²) in [5, 5.41) is 14.2. The number of nitrogens with one attached hydrogen (secondary N) is 1. The first-order valence-electron chi connectivity index (χ1n) is 18.9. The summed E-state index contributed by atoms with van der Waals surface area (Å²) in [4.78, 5) is 5.91. The minimum absolute atomic E-state index is 0.245. The van der Waals surface area contributed by atoms with E-state index in [2.05, 4.69) is 186 Å². The molecule has 1 N–H and O–H groups in total. The summed E-state index contributed by atoms with van der Waals surface area (Å²) in [7, 11) is 0. The second kappa shape index (κ2) is 12.0. The van der Waals surface area contributed by atoms with Crippen LogP contribution in [0.2, 0.25) is 0 Å². The Morgan fingerprint density at radius 3 is 1.91 bits per heavy atom. The summed E-state index contributed by atoms with van der Waals surface area (Å²) >= 11 is 1.91. The maximum atomic E-state index is 6.97. The van der Waals surface area contributed by atoms with Crippen LogP contribution in [0, 0.1) is 0 Å². The Bertz CT molecular complexity index is 3220. The minimum Gasteiger partial charge on any atom is -0.472 e. The molecule has 5 heteroatoms. The van der Waals surface area contributed by atoms with Crippen LogP contribution in [0.25, 0.3) is 74.9 Å². The molecule has 2 aliphatic heterocycles. The second-order valence-corrected chi connectivity index (χ2v) is 15.6. The van der Waals surface area contributed by atoms with Gasteiger partial charge in [0.1, 0.15) is 17.6 Å². The first kappa shape index (κ1) is 30.9. The third kappa shape index (κ3) is 4.51. The molecule has 260 valence electrons. The second-order valence-electron chi connectivity index (χ2n) is 14.5. The minimum atomic E-state index is -0.357. The van der Waals surface area contributed by atoms with E-state index in [1.165, 1.54) is 58.0 Å². The largest absolute Gasteiger partial charge is 0.472 e. The Hall–Kier alpha value is -6.53. The summed E-state index contributed by atoms with van der Waals surface area (Å²) in [6.45, 7) is 0. The molecular formula is C50H33N3OS. The lowest BCUT2D eigenvalue weighted by Crippen LogP contribution is -2.49. The van der Waals surface area contributed by atoms with Crippen LogP contribution in [0.15, 0.2) is 181 Å². The predicted molar refractivity (Wildman–Crippen MR) is 231 cm³/mol. The molecule has 4 nitrogen and oxygen atoms in total. The summed E-state index contributed by atoms with van der Waals surface area (Å²) in [6.07, 6.45) is -0.357. The number of hydrogen-bond acceptors (Lipinski definition) is 4. The fourth-order valence-corrected chi connectivity index (χ4v) is 10.6. The van der Waals surface area contributed by atoms with Gasteiger partial charge < -0.3 is 4.74 Å². The van der Waals surface area contributed by atoms with Crippen LogP contribution in [-0.2, 0) is 4.74 Å². The quantitative estimate of drug-likeness (QED) is 0.197. The van der Waals surface area contributed by atoms with Gasteiger partial charge in [-0.15, -0.1) is 11.3 Å². The van der Waals surface area contributed by atoms with E-state index in [4.69, 9.17) is 9.73 Å². The van der Waals surface area contributed by atoms with Crippen molar-refractivity contribution >= 4 is 92.0 Å². The maximum Gasteiger partial charge on any atom is 0.178 e. The van der Waals surface area contributed by atoms with Crippen molar-refractivity contribution in [1.29, 1.82) is 0 Å². The van der Waals surface area contributed by atoms with Gasteiger partial charge in [-0.1, -0.05) is 170 Å². The smallest absolute Gasteiger partial charge is 0.178 e. The molecule has 3 unspecified atom stereocenters. The number of aliphatic imine (C=N–C) groups is 1. The number of rotatable bonds is 3. The number of thiophene rings is 1. The molecule has 55 heavy (non-hydrogen) atoms. The lowest BCUT2D eigenvalue weighted by molar-refractivity contribution is 0.128. The predicted octanol–water partition coefficient (Wildman–Crippen LogP) is 12.4. The van der Waals surface area contributed by atoms with Gasteiger partial charge in [-0.3, -0.25) is 14.9 Å². The summed E-state index contributed by atoms with van der Waals surface area (Å²) in [5.41, 5.74) is 6.75. The standard InChI is InChI=1S/C50H33N3OS/c1-4-17-31(18-5-1)40-44-50(54-46(40)33-21-8-3-9-22-33)52-43(32-19-6-2-7-20-32)49(51-44)53-39-27-15-14-26-37(39)41-35-24-12-13-25-36(35)42-38-29-28-30-16-10-11-23-34(30)47(38)55-48(42)45(41)53/h1-29,43-44,50,52H. The van der Waals surface area contributed by atoms with Gasteiger partial charge in [0.25, 0.3) is 0 Å². The number of aromatic nitrogens is 1. The maximum absolute atomic E-state index is 6.97. The van der Waals surface area contributed by atoms with Gasteiger partial charge in [0.15, 0.2) is 6.23 Å². The molecule has 12 rings (SSSR count). The molecule has 10 aromatic rings. The highest BCUT2D eigenvalue weighted by atomic mass is 32.1. The van der Waals surface area contributed by atoms with Crippen molar-refractivity contribution in [2.45, 2.75) is 18.3 Å². The zero-order valence-electron chi connectivity index (χ0n) is 29.7. The van der Waals surface area contributed by atoms with Crippen LogP contribution >= 0.6 is 11.3 Å². The molecule has 0 saturated heterocycles. The zero-order chi connectivity index (χ0) is 36.0. The molecule has 0 radical (unpaired) electrons. The number of para-hydroxylation sites is 1. The van der Waals surface area contributed by atoms with Crippen LogP contribution < -0.4 is 5.32 Å². The van der Waals surface area contributed by atoms with Crippen LogP contribution in [0.5, 0.6) is 0 Å². The van der Waals surface area contributed by atoms with E-state index in [1.807, 2.05) is 11.3 Å². The van der Waals surface area contributed by atoms with E-state index in [0.29, 0.717) is 0 Å². The first-order chi connectivity index (χ1) is 27.3. The lowest BCUT2D eigenvalue weighted by Gasteiger charge is -2.34. The number of fused-ring (bicyclic) bond motifs is 13. The highest BCUT2D eigenvalue weighted by Gasteiger charge is 2.44.